The van der Waals surface area contributed by atoms with Crippen molar-refractivity contribution in [1.82, 2.24) is 14.9 Å². The SMILES string of the molecule is COc1ccc2nc(OC)c(NC(=O)N3CCN(c4cc(F)c(F)c(F)c4C)CC3)nc2c1. The molecule has 2 aromatic carbocycles. The Labute approximate surface area is 187 Å². The minimum atomic E-state index is -1.49. The number of fused-ring (bicyclic) bond motifs is 1. The van der Waals surface area contributed by atoms with Crippen molar-refractivity contribution in [3.8, 4) is 11.6 Å². The van der Waals surface area contributed by atoms with Gasteiger partial charge in [0, 0.05) is 49.6 Å². The average Bonchev–Trinajstić information content (AvgIpc) is 2.84. The van der Waals surface area contributed by atoms with Crippen LogP contribution in [-0.4, -0.2) is 61.3 Å². The summed E-state index contributed by atoms with van der Waals surface area (Å²) in [7, 11) is 2.97. The third-order valence-electron chi connectivity index (χ3n) is 5.54. The summed E-state index contributed by atoms with van der Waals surface area (Å²) in [6.45, 7) is 2.59. The molecule has 0 spiro atoms. The fourth-order valence-electron chi connectivity index (χ4n) is 3.70. The van der Waals surface area contributed by atoms with E-state index in [2.05, 4.69) is 15.3 Å². The molecule has 4 rings (SSSR count). The highest BCUT2D eigenvalue weighted by molar-refractivity contribution is 5.91. The van der Waals surface area contributed by atoms with Gasteiger partial charge in [0.1, 0.15) is 5.75 Å². The van der Waals surface area contributed by atoms with E-state index in [-0.39, 0.29) is 36.0 Å². The smallest absolute Gasteiger partial charge is 0.323 e. The number of carbonyl (C=O) groups is 1. The number of nitrogens with zero attached hydrogens (tertiary/aromatic N) is 4. The number of rotatable bonds is 4. The quantitative estimate of drug-likeness (QED) is 0.597. The second kappa shape index (κ2) is 9.00. The Balaban J connectivity index is 1.48. The molecule has 11 heteroatoms. The number of piperazine rings is 1. The standard InChI is InChI=1S/C22H22F3N5O3/c1-12-17(11-14(23)19(25)18(12)24)29-6-8-30(9-7-29)22(31)28-20-21(33-3)27-15-5-4-13(32-2)10-16(15)26-20/h4-5,10-11H,6-9H2,1-3H3,(H,26,28,31). The van der Waals surface area contributed by atoms with Crippen LogP contribution in [0, 0.1) is 24.4 Å². The molecule has 2 heterocycles. The number of halogens is 3. The second-order valence-electron chi connectivity index (χ2n) is 7.47. The van der Waals surface area contributed by atoms with Crippen molar-refractivity contribution in [1.29, 1.82) is 0 Å². The summed E-state index contributed by atoms with van der Waals surface area (Å²) in [5.74, 6) is -3.02. The van der Waals surface area contributed by atoms with Gasteiger partial charge in [-0.1, -0.05) is 0 Å². The first-order valence-electron chi connectivity index (χ1n) is 10.2. The van der Waals surface area contributed by atoms with E-state index >= 15 is 0 Å². The number of benzene rings is 2. The molecule has 1 fully saturated rings. The van der Waals surface area contributed by atoms with Gasteiger partial charge in [-0.15, -0.1) is 0 Å². The van der Waals surface area contributed by atoms with Gasteiger partial charge >= 0.3 is 6.03 Å². The summed E-state index contributed by atoms with van der Waals surface area (Å²) in [5, 5.41) is 2.71. The van der Waals surface area contributed by atoms with E-state index in [0.717, 1.165) is 6.07 Å². The van der Waals surface area contributed by atoms with Gasteiger partial charge in [0.15, 0.2) is 23.3 Å². The van der Waals surface area contributed by atoms with Crippen molar-refractivity contribution >= 4 is 28.6 Å². The van der Waals surface area contributed by atoms with Crippen molar-refractivity contribution in [3.63, 3.8) is 0 Å². The number of nitrogens with one attached hydrogen (secondary N) is 1. The summed E-state index contributed by atoms with van der Waals surface area (Å²) in [4.78, 5) is 24.9. The Morgan fingerprint density at radius 2 is 1.70 bits per heavy atom. The number of methoxy groups -OCH3 is 2. The first-order valence-corrected chi connectivity index (χ1v) is 10.2. The number of urea groups is 1. The van der Waals surface area contributed by atoms with Crippen LogP contribution in [0.5, 0.6) is 11.6 Å². The topological polar surface area (TPSA) is 79.8 Å². The van der Waals surface area contributed by atoms with Crippen molar-refractivity contribution in [3.05, 3.63) is 47.3 Å². The Morgan fingerprint density at radius 1 is 0.970 bits per heavy atom. The van der Waals surface area contributed by atoms with Crippen LogP contribution in [0.4, 0.5) is 29.5 Å². The molecule has 8 nitrogen and oxygen atoms in total. The van der Waals surface area contributed by atoms with E-state index in [0.29, 0.717) is 29.9 Å². The Bertz CT molecular complexity index is 1220. The molecule has 1 aromatic heterocycles. The zero-order chi connectivity index (χ0) is 23.7. The largest absolute Gasteiger partial charge is 0.497 e. The van der Waals surface area contributed by atoms with Crippen LogP contribution in [0.3, 0.4) is 0 Å². The van der Waals surface area contributed by atoms with Gasteiger partial charge in [0.25, 0.3) is 5.88 Å². The predicted molar refractivity (Wildman–Crippen MR) is 116 cm³/mol. The average molecular weight is 461 g/mol. The zero-order valence-electron chi connectivity index (χ0n) is 18.3. The van der Waals surface area contributed by atoms with Crippen LogP contribution in [-0.2, 0) is 0 Å². The molecule has 3 aromatic rings. The fourth-order valence-corrected chi connectivity index (χ4v) is 3.70. The Morgan fingerprint density at radius 3 is 2.36 bits per heavy atom. The molecule has 2 amide bonds. The first kappa shape index (κ1) is 22.4. The molecule has 1 saturated heterocycles. The lowest BCUT2D eigenvalue weighted by atomic mass is 10.1. The van der Waals surface area contributed by atoms with Crippen LogP contribution in [0.25, 0.3) is 11.0 Å². The van der Waals surface area contributed by atoms with E-state index in [1.54, 1.807) is 28.0 Å². The van der Waals surface area contributed by atoms with Gasteiger partial charge in [-0.25, -0.2) is 27.9 Å². The molecular weight excluding hydrogens is 439 g/mol. The van der Waals surface area contributed by atoms with Crippen LogP contribution in [0.15, 0.2) is 24.3 Å². The summed E-state index contributed by atoms with van der Waals surface area (Å²) in [6, 6.07) is 5.73. The van der Waals surface area contributed by atoms with Gasteiger partial charge in [0.05, 0.1) is 25.3 Å². The van der Waals surface area contributed by atoms with Crippen LogP contribution < -0.4 is 19.7 Å². The highest BCUT2D eigenvalue weighted by Gasteiger charge is 2.26. The summed E-state index contributed by atoms with van der Waals surface area (Å²) >= 11 is 0. The van der Waals surface area contributed by atoms with Crippen LogP contribution >= 0.6 is 0 Å². The van der Waals surface area contributed by atoms with Crippen molar-refractivity contribution in [2.45, 2.75) is 6.92 Å². The summed E-state index contributed by atoms with van der Waals surface area (Å²) in [5.41, 5.74) is 1.39. The number of amides is 2. The minimum absolute atomic E-state index is 0.0263. The van der Waals surface area contributed by atoms with Crippen molar-refractivity contribution in [2.75, 3.05) is 50.6 Å². The molecule has 0 radical (unpaired) electrons. The lowest BCUT2D eigenvalue weighted by molar-refractivity contribution is 0.208. The summed E-state index contributed by atoms with van der Waals surface area (Å²) in [6.07, 6.45) is 0. The number of carbonyl (C=O) groups excluding carboxylic acids is 1. The van der Waals surface area contributed by atoms with Gasteiger partial charge in [-0.3, -0.25) is 5.32 Å². The van der Waals surface area contributed by atoms with E-state index in [1.807, 2.05) is 0 Å². The maximum atomic E-state index is 13.9. The fraction of sp³-hybridized carbons (Fsp3) is 0.318. The molecule has 1 N–H and O–H groups in total. The molecule has 0 saturated carbocycles. The number of anilines is 2. The first-order chi connectivity index (χ1) is 15.8. The molecule has 0 unspecified atom stereocenters. The molecule has 1 aliphatic rings. The highest BCUT2D eigenvalue weighted by Crippen LogP contribution is 2.29. The summed E-state index contributed by atoms with van der Waals surface area (Å²) < 4.78 is 51.6. The normalized spacial score (nSPS) is 13.9. The minimum Gasteiger partial charge on any atom is -0.497 e. The van der Waals surface area contributed by atoms with Crippen molar-refractivity contribution in [2.24, 2.45) is 0 Å². The van der Waals surface area contributed by atoms with E-state index in [9.17, 15) is 18.0 Å². The second-order valence-corrected chi connectivity index (χ2v) is 7.47. The van der Waals surface area contributed by atoms with Gasteiger partial charge in [-0.05, 0) is 19.1 Å². The Hall–Kier alpha value is -3.76. The van der Waals surface area contributed by atoms with Gasteiger partial charge in [-0.2, -0.15) is 0 Å². The molecule has 0 bridgehead atoms. The van der Waals surface area contributed by atoms with E-state index < -0.39 is 23.5 Å². The molecule has 1 aliphatic heterocycles. The van der Waals surface area contributed by atoms with Gasteiger partial charge < -0.3 is 19.3 Å². The molecule has 33 heavy (non-hydrogen) atoms. The zero-order valence-corrected chi connectivity index (χ0v) is 18.3. The molecular formula is C22H22F3N5O3. The predicted octanol–water partition coefficient (Wildman–Crippen LogP) is 3.73. The maximum absolute atomic E-state index is 13.9. The molecule has 0 aliphatic carbocycles. The molecule has 174 valence electrons. The monoisotopic (exact) mass is 461 g/mol. The number of hydrogen-bond acceptors (Lipinski definition) is 6. The van der Waals surface area contributed by atoms with Crippen molar-refractivity contribution < 1.29 is 27.4 Å². The number of aromatic nitrogens is 2. The Kier molecular flexibility index (Phi) is 6.12. The maximum Gasteiger partial charge on any atom is 0.323 e. The molecule has 0 atom stereocenters. The van der Waals surface area contributed by atoms with E-state index in [4.69, 9.17) is 9.47 Å². The van der Waals surface area contributed by atoms with Crippen LogP contribution in [0.2, 0.25) is 0 Å². The highest BCUT2D eigenvalue weighted by atomic mass is 19.2. The van der Waals surface area contributed by atoms with Crippen LogP contribution in [0.1, 0.15) is 5.56 Å². The number of ether oxygens (including phenoxy) is 2. The third-order valence-corrected chi connectivity index (χ3v) is 5.54. The third kappa shape index (κ3) is 4.30. The number of hydrogen-bond donors (Lipinski definition) is 1. The van der Waals surface area contributed by atoms with Gasteiger partial charge in [0.2, 0.25) is 0 Å². The lowest BCUT2D eigenvalue weighted by Crippen LogP contribution is -2.50. The lowest BCUT2D eigenvalue weighted by Gasteiger charge is -2.36. The van der Waals surface area contributed by atoms with E-state index in [1.165, 1.54) is 21.1 Å².